The van der Waals surface area contributed by atoms with Gasteiger partial charge < -0.3 is 10.7 Å². The summed E-state index contributed by atoms with van der Waals surface area (Å²) in [4.78, 5) is 18.2. The molecule has 3 N–H and O–H groups in total. The fourth-order valence-corrected chi connectivity index (χ4v) is 1.79. The lowest BCUT2D eigenvalue weighted by molar-refractivity contribution is -0.137. The van der Waals surface area contributed by atoms with Gasteiger partial charge in [0.05, 0.1) is 22.3 Å². The minimum atomic E-state index is -4.50. The van der Waals surface area contributed by atoms with E-state index < -0.39 is 17.3 Å². The minimum absolute atomic E-state index is 0.0376. The number of nitrogens with one attached hydrogen (secondary N) is 1. The van der Waals surface area contributed by atoms with Crippen LogP contribution in [0.3, 0.4) is 0 Å². The smallest absolute Gasteiger partial charge is 0.397 e. The van der Waals surface area contributed by atoms with E-state index in [1.54, 1.807) is 13.8 Å². The Balaban J connectivity index is 2.80. The fraction of sp³-hybridized carbons (Fsp3) is 0.333. The van der Waals surface area contributed by atoms with Crippen molar-refractivity contribution in [2.24, 2.45) is 0 Å². The van der Waals surface area contributed by atoms with Crippen molar-refractivity contribution in [2.45, 2.75) is 25.9 Å². The van der Waals surface area contributed by atoms with Crippen molar-refractivity contribution in [2.75, 3.05) is 5.73 Å². The molecule has 0 saturated heterocycles. The Hall–Kier alpha value is -2.05. The van der Waals surface area contributed by atoms with Gasteiger partial charge in [-0.2, -0.15) is 13.2 Å². The van der Waals surface area contributed by atoms with Crippen molar-refractivity contribution in [3.8, 4) is 0 Å². The lowest BCUT2D eigenvalue weighted by Crippen LogP contribution is -2.17. The van der Waals surface area contributed by atoms with Crippen molar-refractivity contribution >= 4 is 16.7 Å². The molecule has 19 heavy (non-hydrogen) atoms. The molecule has 0 atom stereocenters. The normalized spacial score (nSPS) is 12.3. The van der Waals surface area contributed by atoms with E-state index in [1.165, 1.54) is 0 Å². The second-order valence-electron chi connectivity index (χ2n) is 4.56. The Labute approximate surface area is 106 Å². The van der Waals surface area contributed by atoms with Crippen LogP contribution in [0.2, 0.25) is 0 Å². The third-order valence-electron chi connectivity index (χ3n) is 2.73. The van der Waals surface area contributed by atoms with Crippen LogP contribution in [-0.2, 0) is 6.18 Å². The average Bonchev–Trinajstić information content (AvgIpc) is 2.27. The van der Waals surface area contributed by atoms with Crippen LogP contribution in [0, 0.1) is 0 Å². The molecule has 102 valence electrons. The lowest BCUT2D eigenvalue weighted by Gasteiger charge is -2.11. The number of H-pyrrole nitrogens is 1. The van der Waals surface area contributed by atoms with Gasteiger partial charge in [-0.3, -0.25) is 4.79 Å². The average molecular weight is 271 g/mol. The molecule has 2 aromatic rings. The zero-order valence-electron chi connectivity index (χ0n) is 10.3. The second kappa shape index (κ2) is 4.25. The maximum absolute atomic E-state index is 12.7. The van der Waals surface area contributed by atoms with E-state index in [2.05, 4.69) is 9.97 Å². The fourth-order valence-electron chi connectivity index (χ4n) is 1.79. The number of aromatic nitrogens is 2. The van der Waals surface area contributed by atoms with E-state index in [9.17, 15) is 18.0 Å². The topological polar surface area (TPSA) is 71.8 Å². The van der Waals surface area contributed by atoms with Gasteiger partial charge >= 0.3 is 6.18 Å². The Morgan fingerprint density at radius 1 is 1.32 bits per heavy atom. The molecule has 1 aromatic heterocycles. The summed E-state index contributed by atoms with van der Waals surface area (Å²) in [7, 11) is 0. The molecular formula is C12H12F3N3O. The molecule has 0 saturated carbocycles. The molecule has 0 aliphatic rings. The lowest BCUT2D eigenvalue weighted by atomic mass is 10.1. The van der Waals surface area contributed by atoms with Crippen molar-refractivity contribution in [1.82, 2.24) is 9.97 Å². The molecule has 2 rings (SSSR count). The van der Waals surface area contributed by atoms with E-state index in [4.69, 9.17) is 5.73 Å². The molecular weight excluding hydrogens is 259 g/mol. The maximum Gasteiger partial charge on any atom is 0.416 e. The number of hydrogen-bond donors (Lipinski definition) is 2. The van der Waals surface area contributed by atoms with Gasteiger partial charge in [0.2, 0.25) is 0 Å². The maximum atomic E-state index is 12.7. The third kappa shape index (κ3) is 2.40. The van der Waals surface area contributed by atoms with E-state index in [0.717, 1.165) is 12.1 Å². The first-order valence-corrected chi connectivity index (χ1v) is 5.61. The first-order chi connectivity index (χ1) is 8.70. The largest absolute Gasteiger partial charge is 0.416 e. The van der Waals surface area contributed by atoms with Crippen molar-refractivity contribution in [1.29, 1.82) is 0 Å². The van der Waals surface area contributed by atoms with Crippen molar-refractivity contribution in [3.63, 3.8) is 0 Å². The van der Waals surface area contributed by atoms with Crippen LogP contribution in [0.15, 0.2) is 16.9 Å². The highest BCUT2D eigenvalue weighted by atomic mass is 19.4. The summed E-state index contributed by atoms with van der Waals surface area (Å²) in [5, 5.41) is 0. The number of halogens is 3. The molecule has 0 aliphatic carbocycles. The van der Waals surface area contributed by atoms with Gasteiger partial charge in [0.25, 0.3) is 5.56 Å². The molecule has 0 aliphatic heterocycles. The minimum Gasteiger partial charge on any atom is -0.397 e. The van der Waals surface area contributed by atoms with E-state index in [0.29, 0.717) is 0 Å². The van der Waals surface area contributed by atoms with Crippen LogP contribution in [0.4, 0.5) is 18.9 Å². The SMILES string of the molecule is CC(C)c1nc2cc(C(F)(F)F)cc(N)c2[nH]c1=O. The highest BCUT2D eigenvalue weighted by Crippen LogP contribution is 2.33. The van der Waals surface area contributed by atoms with E-state index in [1.807, 2.05) is 0 Å². The van der Waals surface area contributed by atoms with Gasteiger partial charge in [0, 0.05) is 5.92 Å². The zero-order chi connectivity index (χ0) is 14.4. The van der Waals surface area contributed by atoms with Crippen LogP contribution < -0.4 is 11.3 Å². The predicted octanol–water partition coefficient (Wildman–Crippen LogP) is 2.65. The van der Waals surface area contributed by atoms with Crippen LogP contribution in [-0.4, -0.2) is 9.97 Å². The Morgan fingerprint density at radius 2 is 1.95 bits per heavy atom. The zero-order valence-corrected chi connectivity index (χ0v) is 10.3. The first kappa shape index (κ1) is 13.4. The Morgan fingerprint density at radius 3 is 2.47 bits per heavy atom. The number of fused-ring (bicyclic) bond motifs is 1. The van der Waals surface area contributed by atoms with Crippen molar-refractivity contribution < 1.29 is 13.2 Å². The van der Waals surface area contributed by atoms with Crippen LogP contribution >= 0.6 is 0 Å². The number of hydrogen-bond acceptors (Lipinski definition) is 3. The van der Waals surface area contributed by atoms with Gasteiger partial charge in [-0.25, -0.2) is 4.98 Å². The molecule has 0 bridgehead atoms. The van der Waals surface area contributed by atoms with Gasteiger partial charge in [0.15, 0.2) is 0 Å². The molecule has 0 amide bonds. The van der Waals surface area contributed by atoms with Gasteiger partial charge in [0.1, 0.15) is 5.69 Å². The quantitative estimate of drug-likeness (QED) is 0.783. The number of nitrogens with two attached hydrogens (primary N) is 1. The molecule has 7 heteroatoms. The second-order valence-corrected chi connectivity index (χ2v) is 4.56. The number of alkyl halides is 3. The monoisotopic (exact) mass is 271 g/mol. The van der Waals surface area contributed by atoms with Crippen LogP contribution in [0.5, 0.6) is 0 Å². The number of nitrogens with zero attached hydrogens (tertiary/aromatic N) is 1. The molecule has 0 unspecified atom stereocenters. The summed E-state index contributed by atoms with van der Waals surface area (Å²) in [5.41, 5.74) is 4.42. The summed E-state index contributed by atoms with van der Waals surface area (Å²) in [5.74, 6) is -0.191. The number of anilines is 1. The van der Waals surface area contributed by atoms with E-state index >= 15 is 0 Å². The summed E-state index contributed by atoms with van der Waals surface area (Å²) in [6.45, 7) is 3.47. The number of nitrogen functional groups attached to an aromatic ring is 1. The number of aromatic amines is 1. The highest BCUT2D eigenvalue weighted by molar-refractivity contribution is 5.87. The van der Waals surface area contributed by atoms with E-state index in [-0.39, 0.29) is 28.3 Å². The molecule has 0 radical (unpaired) electrons. The van der Waals surface area contributed by atoms with Crippen LogP contribution in [0.1, 0.15) is 31.0 Å². The summed E-state index contributed by atoms with van der Waals surface area (Å²) in [6, 6.07) is 1.67. The highest BCUT2D eigenvalue weighted by Gasteiger charge is 2.31. The summed E-state index contributed by atoms with van der Waals surface area (Å²) in [6.07, 6.45) is -4.50. The number of benzene rings is 1. The Bertz CT molecular complexity index is 689. The van der Waals surface area contributed by atoms with Crippen LogP contribution in [0.25, 0.3) is 11.0 Å². The van der Waals surface area contributed by atoms with Gasteiger partial charge in [-0.1, -0.05) is 13.8 Å². The molecule has 0 spiro atoms. The summed E-state index contributed by atoms with van der Waals surface area (Å²) >= 11 is 0. The van der Waals surface area contributed by atoms with Crippen molar-refractivity contribution in [3.05, 3.63) is 33.7 Å². The predicted molar refractivity (Wildman–Crippen MR) is 65.9 cm³/mol. The standard InChI is InChI=1S/C12H12F3N3O/c1-5(2)9-11(19)18-10-7(16)3-6(12(13,14)15)4-8(10)17-9/h3-5H,16H2,1-2H3,(H,18,19). The molecule has 1 heterocycles. The van der Waals surface area contributed by atoms with Gasteiger partial charge in [-0.15, -0.1) is 0 Å². The first-order valence-electron chi connectivity index (χ1n) is 5.61. The molecule has 1 aromatic carbocycles. The Kier molecular flexibility index (Phi) is 3.00. The van der Waals surface area contributed by atoms with Gasteiger partial charge in [-0.05, 0) is 12.1 Å². The third-order valence-corrected chi connectivity index (χ3v) is 2.73. The molecule has 4 nitrogen and oxygen atoms in total. The summed E-state index contributed by atoms with van der Waals surface area (Å²) < 4.78 is 38.0. The molecule has 0 fully saturated rings. The number of rotatable bonds is 1.